The smallest absolute Gasteiger partial charge is 0.264 e. The maximum atomic E-state index is 12.4. The molecule has 0 bridgehead atoms. The molecule has 1 saturated heterocycles. The summed E-state index contributed by atoms with van der Waals surface area (Å²) >= 11 is 1.25. The zero-order valence-electron chi connectivity index (χ0n) is 11.0. The molecule has 7 heteroatoms. The minimum atomic E-state index is -3.03. The maximum Gasteiger partial charge on any atom is 0.264 e. The summed E-state index contributed by atoms with van der Waals surface area (Å²) in [5, 5.41) is 8.63. The predicted molar refractivity (Wildman–Crippen MR) is 77.4 cm³/mol. The Balaban J connectivity index is 2.13. The first-order valence-corrected chi connectivity index (χ1v) is 8.78. The highest BCUT2D eigenvalue weighted by Crippen LogP contribution is 2.21. The Labute approximate surface area is 122 Å². The lowest BCUT2D eigenvalue weighted by Crippen LogP contribution is -2.49. The molecule has 1 aliphatic heterocycles. The van der Waals surface area contributed by atoms with Gasteiger partial charge in [-0.05, 0) is 19.1 Å². The lowest BCUT2D eigenvalue weighted by Gasteiger charge is -2.32. The number of rotatable bonds is 1. The van der Waals surface area contributed by atoms with Crippen molar-refractivity contribution in [3.8, 4) is 11.8 Å². The third kappa shape index (κ3) is 3.39. The monoisotopic (exact) mass is 313 g/mol. The number of hydrogen-bond donors (Lipinski definition) is 1. The summed E-state index contributed by atoms with van der Waals surface area (Å²) in [7, 11) is -3.03. The largest absolute Gasteiger partial charge is 0.384 e. The number of carbonyl (C=O) groups excluding carboxylic acids is 1. The van der Waals surface area contributed by atoms with Crippen molar-refractivity contribution in [1.82, 2.24) is 4.90 Å². The van der Waals surface area contributed by atoms with Crippen molar-refractivity contribution in [2.24, 2.45) is 0 Å². The van der Waals surface area contributed by atoms with Crippen LogP contribution in [0.2, 0.25) is 0 Å². The van der Waals surface area contributed by atoms with E-state index in [9.17, 15) is 13.2 Å². The molecule has 1 N–H and O–H groups in total. The van der Waals surface area contributed by atoms with E-state index >= 15 is 0 Å². The normalized spacial score (nSPS) is 21.1. The van der Waals surface area contributed by atoms with Gasteiger partial charge in [0, 0.05) is 12.6 Å². The topological polar surface area (TPSA) is 74.7 Å². The highest BCUT2D eigenvalue weighted by molar-refractivity contribution is 7.91. The van der Waals surface area contributed by atoms with Gasteiger partial charge in [-0.25, -0.2) is 8.42 Å². The Kier molecular flexibility index (Phi) is 4.48. The average Bonchev–Trinajstić information content (AvgIpc) is 2.83. The molecule has 0 spiro atoms. The minimum Gasteiger partial charge on any atom is -0.384 e. The molecule has 0 aromatic carbocycles. The Hall–Kier alpha value is -1.36. The van der Waals surface area contributed by atoms with Gasteiger partial charge < -0.3 is 10.0 Å². The molecule has 0 radical (unpaired) electrons. The number of amides is 1. The van der Waals surface area contributed by atoms with Crippen LogP contribution in [0.3, 0.4) is 0 Å². The van der Waals surface area contributed by atoms with Crippen LogP contribution in [0.15, 0.2) is 12.1 Å². The van der Waals surface area contributed by atoms with Crippen LogP contribution < -0.4 is 0 Å². The number of aliphatic hydroxyl groups is 1. The molecule has 2 rings (SSSR count). The Morgan fingerprint density at radius 1 is 1.55 bits per heavy atom. The SMILES string of the molecule is CC1CS(=O)(=O)CCN1C(=O)c1ccc(C#CCO)s1. The Bertz CT molecular complexity index is 666. The van der Waals surface area contributed by atoms with Crippen molar-refractivity contribution in [2.75, 3.05) is 24.7 Å². The second-order valence-corrected chi connectivity index (χ2v) is 7.90. The minimum absolute atomic E-state index is 0.0152. The van der Waals surface area contributed by atoms with Crippen LogP contribution in [-0.2, 0) is 9.84 Å². The van der Waals surface area contributed by atoms with Crippen molar-refractivity contribution in [3.05, 3.63) is 21.9 Å². The van der Waals surface area contributed by atoms with E-state index in [-0.39, 0.29) is 36.6 Å². The van der Waals surface area contributed by atoms with Gasteiger partial charge in [0.1, 0.15) is 6.61 Å². The van der Waals surface area contributed by atoms with Gasteiger partial charge >= 0.3 is 0 Å². The van der Waals surface area contributed by atoms with E-state index in [1.54, 1.807) is 24.0 Å². The van der Waals surface area contributed by atoms with Gasteiger partial charge in [0.2, 0.25) is 0 Å². The molecular weight excluding hydrogens is 298 g/mol. The van der Waals surface area contributed by atoms with Crippen molar-refractivity contribution in [1.29, 1.82) is 0 Å². The third-order valence-electron chi connectivity index (χ3n) is 3.04. The molecule has 1 amide bonds. The van der Waals surface area contributed by atoms with Crippen molar-refractivity contribution in [3.63, 3.8) is 0 Å². The van der Waals surface area contributed by atoms with E-state index in [1.807, 2.05) is 0 Å². The fraction of sp³-hybridized carbons (Fsp3) is 0.462. The number of nitrogens with zero attached hydrogens (tertiary/aromatic N) is 1. The fourth-order valence-corrected chi connectivity index (χ4v) is 4.48. The standard InChI is InChI=1S/C13H15NO4S2/c1-10-9-20(17,18)8-6-14(10)13(16)12-5-4-11(19-12)3-2-7-15/h4-5,10,15H,6-9H2,1H3. The van der Waals surface area contributed by atoms with Gasteiger partial charge in [-0.1, -0.05) is 11.8 Å². The molecular formula is C13H15NO4S2. The number of hydrogen-bond acceptors (Lipinski definition) is 5. The van der Waals surface area contributed by atoms with E-state index in [1.165, 1.54) is 11.3 Å². The quantitative estimate of drug-likeness (QED) is 0.759. The first-order chi connectivity index (χ1) is 9.43. The van der Waals surface area contributed by atoms with Gasteiger partial charge in [-0.2, -0.15) is 0 Å². The number of aliphatic hydroxyl groups excluding tert-OH is 1. The van der Waals surface area contributed by atoms with Crippen molar-refractivity contribution in [2.45, 2.75) is 13.0 Å². The molecule has 0 saturated carbocycles. The molecule has 5 nitrogen and oxygen atoms in total. The van der Waals surface area contributed by atoms with E-state index < -0.39 is 9.84 Å². The second kappa shape index (κ2) is 5.95. The zero-order chi connectivity index (χ0) is 14.8. The molecule has 1 unspecified atom stereocenters. The van der Waals surface area contributed by atoms with Crippen LogP contribution in [0.25, 0.3) is 0 Å². The van der Waals surface area contributed by atoms with E-state index in [0.717, 1.165) is 0 Å². The van der Waals surface area contributed by atoms with Gasteiger partial charge in [0.15, 0.2) is 9.84 Å². The lowest BCUT2D eigenvalue weighted by atomic mass is 10.3. The number of thiophene rings is 1. The highest BCUT2D eigenvalue weighted by atomic mass is 32.2. The molecule has 1 fully saturated rings. The first-order valence-electron chi connectivity index (χ1n) is 6.14. The van der Waals surface area contributed by atoms with E-state index in [4.69, 9.17) is 5.11 Å². The fourth-order valence-electron chi connectivity index (χ4n) is 2.09. The van der Waals surface area contributed by atoms with Crippen LogP contribution in [0, 0.1) is 11.8 Å². The predicted octanol–water partition coefficient (Wildman–Crippen LogP) is 0.351. The third-order valence-corrected chi connectivity index (χ3v) is 5.82. The second-order valence-electron chi connectivity index (χ2n) is 4.59. The zero-order valence-corrected chi connectivity index (χ0v) is 12.6. The van der Waals surface area contributed by atoms with Crippen LogP contribution in [0.4, 0.5) is 0 Å². The van der Waals surface area contributed by atoms with Gasteiger partial charge in [0.05, 0.1) is 21.3 Å². The molecule has 1 aromatic heterocycles. The van der Waals surface area contributed by atoms with Crippen LogP contribution in [0.5, 0.6) is 0 Å². The summed E-state index contributed by atoms with van der Waals surface area (Å²) in [5.74, 6) is 5.15. The van der Waals surface area contributed by atoms with Gasteiger partial charge in [-0.15, -0.1) is 11.3 Å². The van der Waals surface area contributed by atoms with Crippen LogP contribution in [0.1, 0.15) is 21.5 Å². The Morgan fingerprint density at radius 2 is 2.30 bits per heavy atom. The molecule has 1 atom stereocenters. The summed E-state index contributed by atoms with van der Waals surface area (Å²) in [6, 6.07) is 3.10. The lowest BCUT2D eigenvalue weighted by molar-refractivity contribution is 0.0717. The summed E-state index contributed by atoms with van der Waals surface area (Å²) in [6.07, 6.45) is 0. The van der Waals surface area contributed by atoms with Gasteiger partial charge in [0.25, 0.3) is 5.91 Å². The number of carbonyl (C=O) groups is 1. The van der Waals surface area contributed by atoms with Crippen LogP contribution >= 0.6 is 11.3 Å². The molecule has 1 aliphatic rings. The molecule has 108 valence electrons. The molecule has 1 aromatic rings. The summed E-state index contributed by atoms with van der Waals surface area (Å²) in [6.45, 7) is 1.76. The summed E-state index contributed by atoms with van der Waals surface area (Å²) in [5.41, 5.74) is 0. The van der Waals surface area contributed by atoms with E-state index in [2.05, 4.69) is 11.8 Å². The number of sulfone groups is 1. The molecule has 0 aliphatic carbocycles. The molecule has 20 heavy (non-hydrogen) atoms. The van der Waals surface area contributed by atoms with Crippen molar-refractivity contribution < 1.29 is 18.3 Å². The average molecular weight is 313 g/mol. The Morgan fingerprint density at radius 3 is 2.95 bits per heavy atom. The van der Waals surface area contributed by atoms with Crippen molar-refractivity contribution >= 4 is 27.1 Å². The maximum absolute atomic E-state index is 12.4. The van der Waals surface area contributed by atoms with E-state index in [0.29, 0.717) is 9.75 Å². The first kappa shape index (κ1) is 15.0. The van der Waals surface area contributed by atoms with Gasteiger partial charge in [-0.3, -0.25) is 4.79 Å². The van der Waals surface area contributed by atoms with Crippen LogP contribution in [-0.4, -0.2) is 55.0 Å². The summed E-state index contributed by atoms with van der Waals surface area (Å²) < 4.78 is 23.0. The molecule has 2 heterocycles. The highest BCUT2D eigenvalue weighted by Gasteiger charge is 2.32. The summed E-state index contributed by atoms with van der Waals surface area (Å²) in [4.78, 5) is 15.2.